The van der Waals surface area contributed by atoms with Gasteiger partial charge in [-0.15, -0.1) is 0 Å². The van der Waals surface area contributed by atoms with Gasteiger partial charge in [-0.25, -0.2) is 14.3 Å². The van der Waals surface area contributed by atoms with E-state index in [0.717, 1.165) is 0 Å². The van der Waals surface area contributed by atoms with Crippen LogP contribution in [0.3, 0.4) is 0 Å². The Balaban J connectivity index is 2.87. The standard InChI is InChI=1S/C7H3Cl2N3O2/c8-4-5(7(13)14)11-3-1-2-10-12(3)6(4)9/h1-2H,(H,13,14). The summed E-state index contributed by atoms with van der Waals surface area (Å²) >= 11 is 11.5. The number of fused-ring (bicyclic) bond motifs is 1. The van der Waals surface area contributed by atoms with Gasteiger partial charge in [0.05, 0.1) is 6.20 Å². The predicted octanol–water partition coefficient (Wildman–Crippen LogP) is 1.73. The maximum Gasteiger partial charge on any atom is 0.356 e. The normalized spacial score (nSPS) is 10.7. The van der Waals surface area contributed by atoms with Crippen molar-refractivity contribution in [2.24, 2.45) is 0 Å². The van der Waals surface area contributed by atoms with Crippen molar-refractivity contribution in [1.29, 1.82) is 0 Å². The molecule has 2 aromatic rings. The van der Waals surface area contributed by atoms with E-state index in [2.05, 4.69) is 10.1 Å². The van der Waals surface area contributed by atoms with Crippen molar-refractivity contribution in [2.75, 3.05) is 0 Å². The molecule has 7 heteroatoms. The first-order valence-electron chi connectivity index (χ1n) is 3.53. The number of hydrogen-bond acceptors (Lipinski definition) is 3. The van der Waals surface area contributed by atoms with E-state index < -0.39 is 5.97 Å². The fourth-order valence-electron chi connectivity index (χ4n) is 1.03. The molecule has 2 heterocycles. The minimum atomic E-state index is -1.22. The largest absolute Gasteiger partial charge is 0.476 e. The molecule has 0 saturated heterocycles. The number of halogens is 2. The minimum absolute atomic E-state index is 0.0408. The summed E-state index contributed by atoms with van der Waals surface area (Å²) in [6.45, 7) is 0. The first-order chi connectivity index (χ1) is 6.61. The van der Waals surface area contributed by atoms with Crippen LogP contribution in [0.25, 0.3) is 5.65 Å². The van der Waals surface area contributed by atoms with E-state index in [1.807, 2.05) is 0 Å². The highest BCUT2D eigenvalue weighted by Crippen LogP contribution is 2.25. The van der Waals surface area contributed by atoms with Gasteiger partial charge in [0.2, 0.25) is 0 Å². The van der Waals surface area contributed by atoms with Crippen LogP contribution in [-0.2, 0) is 0 Å². The monoisotopic (exact) mass is 231 g/mol. The SMILES string of the molecule is O=C(O)c1nc2ccnn2c(Cl)c1Cl. The zero-order valence-electron chi connectivity index (χ0n) is 6.61. The smallest absolute Gasteiger partial charge is 0.356 e. The lowest BCUT2D eigenvalue weighted by molar-refractivity contribution is 0.0691. The van der Waals surface area contributed by atoms with Crippen molar-refractivity contribution < 1.29 is 9.90 Å². The molecule has 0 atom stereocenters. The van der Waals surface area contributed by atoms with Gasteiger partial charge in [-0.05, 0) is 0 Å². The summed E-state index contributed by atoms with van der Waals surface area (Å²) < 4.78 is 1.26. The molecule has 2 rings (SSSR count). The zero-order valence-corrected chi connectivity index (χ0v) is 8.12. The molecule has 72 valence electrons. The summed E-state index contributed by atoms with van der Waals surface area (Å²) in [4.78, 5) is 14.5. The van der Waals surface area contributed by atoms with Gasteiger partial charge in [0.15, 0.2) is 16.5 Å². The molecule has 0 radical (unpaired) electrons. The molecule has 0 aliphatic rings. The summed E-state index contributed by atoms with van der Waals surface area (Å²) in [7, 11) is 0. The third-order valence-electron chi connectivity index (χ3n) is 1.63. The molecule has 2 aromatic heterocycles. The molecule has 0 unspecified atom stereocenters. The van der Waals surface area contributed by atoms with Crippen LogP contribution >= 0.6 is 23.2 Å². The number of carboxylic acids is 1. The summed E-state index contributed by atoms with van der Waals surface area (Å²) in [6, 6.07) is 1.54. The van der Waals surface area contributed by atoms with E-state index in [4.69, 9.17) is 28.3 Å². The predicted molar refractivity (Wildman–Crippen MR) is 50.0 cm³/mol. The molecule has 0 saturated carbocycles. The molecule has 0 fully saturated rings. The summed E-state index contributed by atoms with van der Waals surface area (Å²) in [5.74, 6) is -1.22. The maximum absolute atomic E-state index is 10.7. The van der Waals surface area contributed by atoms with Gasteiger partial charge in [-0.1, -0.05) is 23.2 Å². The number of nitrogens with zero attached hydrogens (tertiary/aromatic N) is 3. The number of hydrogen-bond donors (Lipinski definition) is 1. The molecule has 5 nitrogen and oxygen atoms in total. The van der Waals surface area contributed by atoms with Crippen LogP contribution in [0.15, 0.2) is 12.3 Å². The van der Waals surface area contributed by atoms with Crippen molar-refractivity contribution in [3.63, 3.8) is 0 Å². The van der Waals surface area contributed by atoms with Gasteiger partial charge in [-0.2, -0.15) is 5.10 Å². The van der Waals surface area contributed by atoms with Crippen molar-refractivity contribution in [1.82, 2.24) is 14.6 Å². The van der Waals surface area contributed by atoms with E-state index >= 15 is 0 Å². The van der Waals surface area contributed by atoms with E-state index in [1.165, 1.54) is 16.8 Å². The van der Waals surface area contributed by atoms with Crippen molar-refractivity contribution >= 4 is 34.8 Å². The van der Waals surface area contributed by atoms with Gasteiger partial charge in [0.1, 0.15) is 5.02 Å². The van der Waals surface area contributed by atoms with Crippen LogP contribution in [-0.4, -0.2) is 25.7 Å². The molecule has 1 N–H and O–H groups in total. The fraction of sp³-hybridized carbons (Fsp3) is 0. The number of rotatable bonds is 1. The molecule has 0 spiro atoms. The van der Waals surface area contributed by atoms with Crippen LogP contribution in [0.1, 0.15) is 10.5 Å². The van der Waals surface area contributed by atoms with E-state index in [-0.39, 0.29) is 15.9 Å². The summed E-state index contributed by atoms with van der Waals surface area (Å²) in [6.07, 6.45) is 1.45. The van der Waals surface area contributed by atoms with Crippen molar-refractivity contribution in [3.05, 3.63) is 28.1 Å². The Morgan fingerprint density at radius 1 is 1.50 bits per heavy atom. The van der Waals surface area contributed by atoms with Crippen LogP contribution < -0.4 is 0 Å². The van der Waals surface area contributed by atoms with E-state index in [1.54, 1.807) is 0 Å². The van der Waals surface area contributed by atoms with Crippen LogP contribution in [0.4, 0.5) is 0 Å². The summed E-state index contributed by atoms with van der Waals surface area (Å²) in [5, 5.41) is 12.5. The molecule has 0 amide bonds. The Kier molecular flexibility index (Phi) is 2.05. The second-order valence-corrected chi connectivity index (χ2v) is 3.21. The Bertz CT molecular complexity index is 523. The first-order valence-corrected chi connectivity index (χ1v) is 4.29. The molecular weight excluding hydrogens is 229 g/mol. The average Bonchev–Trinajstić information content (AvgIpc) is 2.58. The molecule has 14 heavy (non-hydrogen) atoms. The van der Waals surface area contributed by atoms with Crippen molar-refractivity contribution in [3.8, 4) is 0 Å². The number of aromatic nitrogens is 3. The number of carboxylic acid groups (broad SMARTS) is 1. The molecular formula is C7H3Cl2N3O2. The minimum Gasteiger partial charge on any atom is -0.476 e. The molecule has 0 aromatic carbocycles. The highest BCUT2D eigenvalue weighted by molar-refractivity contribution is 6.43. The highest BCUT2D eigenvalue weighted by atomic mass is 35.5. The van der Waals surface area contributed by atoms with Crippen molar-refractivity contribution in [2.45, 2.75) is 0 Å². The average molecular weight is 232 g/mol. The first kappa shape index (κ1) is 9.23. The second kappa shape index (κ2) is 3.11. The lowest BCUT2D eigenvalue weighted by atomic mass is 10.4. The van der Waals surface area contributed by atoms with Gasteiger partial charge in [0, 0.05) is 6.07 Å². The Morgan fingerprint density at radius 2 is 2.21 bits per heavy atom. The Morgan fingerprint density at radius 3 is 2.86 bits per heavy atom. The lowest BCUT2D eigenvalue weighted by Gasteiger charge is -2.02. The van der Waals surface area contributed by atoms with Gasteiger partial charge in [0.25, 0.3) is 0 Å². The van der Waals surface area contributed by atoms with Crippen LogP contribution in [0.2, 0.25) is 10.2 Å². The van der Waals surface area contributed by atoms with E-state index in [0.29, 0.717) is 5.65 Å². The number of carbonyl (C=O) groups is 1. The van der Waals surface area contributed by atoms with Crippen LogP contribution in [0.5, 0.6) is 0 Å². The van der Waals surface area contributed by atoms with Gasteiger partial charge in [-0.3, -0.25) is 0 Å². The summed E-state index contributed by atoms with van der Waals surface area (Å²) in [5.41, 5.74) is 0.0708. The van der Waals surface area contributed by atoms with Gasteiger partial charge >= 0.3 is 5.97 Å². The fourth-order valence-corrected chi connectivity index (χ4v) is 1.45. The third-order valence-corrected chi connectivity index (χ3v) is 2.43. The molecule has 0 aliphatic heterocycles. The highest BCUT2D eigenvalue weighted by Gasteiger charge is 2.17. The Hall–Kier alpha value is -1.33. The zero-order chi connectivity index (χ0) is 10.3. The second-order valence-electron chi connectivity index (χ2n) is 2.47. The van der Waals surface area contributed by atoms with Gasteiger partial charge < -0.3 is 5.11 Å². The number of aromatic carboxylic acids is 1. The topological polar surface area (TPSA) is 67.5 Å². The lowest BCUT2D eigenvalue weighted by Crippen LogP contribution is -2.05. The molecule has 0 bridgehead atoms. The molecule has 0 aliphatic carbocycles. The van der Waals surface area contributed by atoms with Crippen LogP contribution in [0, 0.1) is 0 Å². The third kappa shape index (κ3) is 1.21. The quantitative estimate of drug-likeness (QED) is 0.760. The van der Waals surface area contributed by atoms with E-state index in [9.17, 15) is 4.79 Å². The maximum atomic E-state index is 10.7. The Labute approximate surface area is 87.9 Å².